The second kappa shape index (κ2) is 8.40. The van der Waals surface area contributed by atoms with E-state index in [0.29, 0.717) is 18.4 Å². The molecule has 0 aromatic carbocycles. The largest absolute Gasteiger partial charge is 0.340 e. The van der Waals surface area contributed by atoms with E-state index >= 15 is 0 Å². The first-order valence-electron chi connectivity index (χ1n) is 7.73. The first-order valence-corrected chi connectivity index (χ1v) is 8.61. The van der Waals surface area contributed by atoms with Crippen LogP contribution in [0.4, 0.5) is 0 Å². The first kappa shape index (κ1) is 17.2. The minimum absolute atomic E-state index is 0.216. The van der Waals surface area contributed by atoms with Crippen LogP contribution >= 0.6 is 11.3 Å². The summed E-state index contributed by atoms with van der Waals surface area (Å²) in [7, 11) is 0. The second-order valence-corrected chi connectivity index (χ2v) is 6.60. The monoisotopic (exact) mass is 296 g/mol. The van der Waals surface area contributed by atoms with Crippen molar-refractivity contribution in [1.82, 2.24) is 9.88 Å². The van der Waals surface area contributed by atoms with Gasteiger partial charge >= 0.3 is 0 Å². The van der Waals surface area contributed by atoms with Crippen molar-refractivity contribution in [3.05, 3.63) is 16.1 Å². The summed E-state index contributed by atoms with van der Waals surface area (Å²) in [5.74, 6) is 0.656. The van der Waals surface area contributed by atoms with Crippen LogP contribution in [0.15, 0.2) is 5.38 Å². The van der Waals surface area contributed by atoms with Crippen LogP contribution in [0.3, 0.4) is 0 Å². The number of aromatic nitrogens is 1. The number of rotatable bonds is 8. The standard InChI is InChI=1S/C16H28N2OS/c1-6-8-9-18(13(5)7-2)15(19)10-14-11-20-16(17-14)12(3)4/h11-13H,6-10H2,1-5H3. The number of amides is 1. The fourth-order valence-electron chi connectivity index (χ4n) is 2.07. The number of hydrogen-bond donors (Lipinski definition) is 0. The van der Waals surface area contributed by atoms with Crippen LogP contribution in [0.1, 0.15) is 70.5 Å². The molecule has 1 amide bonds. The Kier molecular flexibility index (Phi) is 7.20. The van der Waals surface area contributed by atoms with Crippen LogP contribution in [0.5, 0.6) is 0 Å². The zero-order valence-corrected chi connectivity index (χ0v) is 14.3. The zero-order valence-electron chi connectivity index (χ0n) is 13.5. The van der Waals surface area contributed by atoms with Gasteiger partial charge in [-0.3, -0.25) is 4.79 Å². The molecule has 0 saturated heterocycles. The van der Waals surface area contributed by atoms with Crippen LogP contribution in [-0.4, -0.2) is 28.4 Å². The molecule has 1 heterocycles. The Hall–Kier alpha value is -0.900. The molecule has 4 heteroatoms. The molecule has 114 valence electrons. The number of hydrogen-bond acceptors (Lipinski definition) is 3. The molecular weight excluding hydrogens is 268 g/mol. The van der Waals surface area contributed by atoms with Crippen molar-refractivity contribution in [1.29, 1.82) is 0 Å². The summed E-state index contributed by atoms with van der Waals surface area (Å²) in [5, 5.41) is 3.15. The summed E-state index contributed by atoms with van der Waals surface area (Å²) in [5.41, 5.74) is 0.925. The number of nitrogens with zero attached hydrogens (tertiary/aromatic N) is 2. The van der Waals surface area contributed by atoms with Gasteiger partial charge < -0.3 is 4.90 Å². The summed E-state index contributed by atoms with van der Waals surface area (Å²) in [6, 6.07) is 0.317. The van der Waals surface area contributed by atoms with Crippen LogP contribution in [0.25, 0.3) is 0 Å². The van der Waals surface area contributed by atoms with E-state index < -0.39 is 0 Å². The fourth-order valence-corrected chi connectivity index (χ4v) is 2.90. The van der Waals surface area contributed by atoms with Crippen molar-refractivity contribution in [2.24, 2.45) is 0 Å². The molecule has 0 aliphatic heterocycles. The van der Waals surface area contributed by atoms with Gasteiger partial charge in [-0.25, -0.2) is 4.98 Å². The van der Waals surface area contributed by atoms with Gasteiger partial charge in [0.1, 0.15) is 0 Å². The minimum atomic E-state index is 0.216. The Morgan fingerprint density at radius 2 is 2.05 bits per heavy atom. The lowest BCUT2D eigenvalue weighted by molar-refractivity contribution is -0.132. The topological polar surface area (TPSA) is 33.2 Å². The highest BCUT2D eigenvalue weighted by molar-refractivity contribution is 7.09. The Balaban J connectivity index is 2.68. The van der Waals surface area contributed by atoms with Crippen molar-refractivity contribution < 1.29 is 4.79 Å². The van der Waals surface area contributed by atoms with Gasteiger partial charge in [-0.2, -0.15) is 0 Å². The molecule has 0 aliphatic rings. The number of carbonyl (C=O) groups excluding carboxylic acids is 1. The van der Waals surface area contributed by atoms with E-state index in [1.165, 1.54) is 0 Å². The first-order chi connectivity index (χ1) is 9.49. The quantitative estimate of drug-likeness (QED) is 0.719. The molecular formula is C16H28N2OS. The van der Waals surface area contributed by atoms with Crippen molar-refractivity contribution in [2.75, 3.05) is 6.54 Å². The van der Waals surface area contributed by atoms with Crippen molar-refractivity contribution >= 4 is 17.2 Å². The van der Waals surface area contributed by atoms with Gasteiger partial charge in [-0.05, 0) is 19.8 Å². The molecule has 0 N–H and O–H groups in total. The smallest absolute Gasteiger partial charge is 0.228 e. The molecule has 0 aliphatic carbocycles. The molecule has 1 rings (SSSR count). The molecule has 0 saturated carbocycles. The van der Waals surface area contributed by atoms with Crippen molar-refractivity contribution in [3.63, 3.8) is 0 Å². The van der Waals surface area contributed by atoms with E-state index in [1.807, 2.05) is 10.3 Å². The highest BCUT2D eigenvalue weighted by Gasteiger charge is 2.19. The summed E-state index contributed by atoms with van der Waals surface area (Å²) in [6.45, 7) is 11.6. The SMILES string of the molecule is CCCCN(C(=O)Cc1csc(C(C)C)n1)C(C)CC. The van der Waals surface area contributed by atoms with E-state index in [1.54, 1.807) is 11.3 Å². The Bertz CT molecular complexity index is 414. The maximum Gasteiger partial charge on any atom is 0.228 e. The maximum absolute atomic E-state index is 12.5. The van der Waals surface area contributed by atoms with Crippen molar-refractivity contribution in [2.45, 2.75) is 72.3 Å². The van der Waals surface area contributed by atoms with Gasteiger partial charge in [0.2, 0.25) is 5.91 Å². The number of unbranched alkanes of at least 4 members (excludes halogenated alkanes) is 1. The summed E-state index contributed by atoms with van der Waals surface area (Å²) in [6.07, 6.45) is 3.64. The molecule has 1 atom stereocenters. The molecule has 0 bridgehead atoms. The van der Waals surface area contributed by atoms with E-state index in [0.717, 1.165) is 36.5 Å². The van der Waals surface area contributed by atoms with Gasteiger partial charge in [-0.1, -0.05) is 34.1 Å². The third-order valence-electron chi connectivity index (χ3n) is 3.59. The van der Waals surface area contributed by atoms with Crippen LogP contribution in [0.2, 0.25) is 0 Å². The average Bonchev–Trinajstić information content (AvgIpc) is 2.87. The highest BCUT2D eigenvalue weighted by atomic mass is 32.1. The van der Waals surface area contributed by atoms with E-state index in [4.69, 9.17) is 0 Å². The summed E-state index contributed by atoms with van der Waals surface area (Å²) < 4.78 is 0. The third kappa shape index (κ3) is 4.89. The highest BCUT2D eigenvalue weighted by Crippen LogP contribution is 2.20. The second-order valence-electron chi connectivity index (χ2n) is 5.71. The number of carbonyl (C=O) groups is 1. The Morgan fingerprint density at radius 1 is 1.35 bits per heavy atom. The lowest BCUT2D eigenvalue weighted by Gasteiger charge is -2.28. The maximum atomic E-state index is 12.5. The zero-order chi connectivity index (χ0) is 15.1. The molecule has 0 radical (unpaired) electrons. The predicted octanol–water partition coefficient (Wildman–Crippen LogP) is 4.24. The van der Waals surface area contributed by atoms with Gasteiger partial charge in [0.25, 0.3) is 0 Å². The van der Waals surface area contributed by atoms with E-state index in [-0.39, 0.29) is 5.91 Å². The summed E-state index contributed by atoms with van der Waals surface area (Å²) in [4.78, 5) is 19.1. The van der Waals surface area contributed by atoms with Crippen LogP contribution < -0.4 is 0 Å². The normalized spacial score (nSPS) is 12.7. The molecule has 1 aromatic rings. The lowest BCUT2D eigenvalue weighted by Crippen LogP contribution is -2.40. The Labute approximate surface area is 127 Å². The van der Waals surface area contributed by atoms with E-state index in [2.05, 4.69) is 39.6 Å². The number of thiazole rings is 1. The minimum Gasteiger partial charge on any atom is -0.340 e. The molecule has 1 aromatic heterocycles. The van der Waals surface area contributed by atoms with Gasteiger partial charge in [0.15, 0.2) is 0 Å². The average molecular weight is 296 g/mol. The van der Waals surface area contributed by atoms with E-state index in [9.17, 15) is 4.79 Å². The fraction of sp³-hybridized carbons (Fsp3) is 0.750. The lowest BCUT2D eigenvalue weighted by atomic mass is 10.1. The molecule has 3 nitrogen and oxygen atoms in total. The predicted molar refractivity (Wildman–Crippen MR) is 86.3 cm³/mol. The van der Waals surface area contributed by atoms with Gasteiger partial charge in [-0.15, -0.1) is 11.3 Å². The Morgan fingerprint density at radius 3 is 2.55 bits per heavy atom. The van der Waals surface area contributed by atoms with Crippen LogP contribution in [-0.2, 0) is 11.2 Å². The van der Waals surface area contributed by atoms with Crippen molar-refractivity contribution in [3.8, 4) is 0 Å². The van der Waals surface area contributed by atoms with Gasteiger partial charge in [0.05, 0.1) is 17.1 Å². The molecule has 20 heavy (non-hydrogen) atoms. The van der Waals surface area contributed by atoms with Crippen LogP contribution in [0, 0.1) is 0 Å². The third-order valence-corrected chi connectivity index (χ3v) is 4.79. The van der Waals surface area contributed by atoms with Gasteiger partial charge in [0, 0.05) is 23.9 Å². The molecule has 1 unspecified atom stereocenters. The molecule has 0 spiro atoms. The molecule has 0 fully saturated rings. The summed E-state index contributed by atoms with van der Waals surface area (Å²) >= 11 is 1.66.